The summed E-state index contributed by atoms with van der Waals surface area (Å²) < 4.78 is 56.0. The number of sulfonamides is 2. The molecule has 2 aromatic carbocycles. The zero-order valence-electron chi connectivity index (χ0n) is 19.6. The Morgan fingerprint density at radius 1 is 0.886 bits per heavy atom. The molecule has 4 rings (SSSR count). The number of anilines is 2. The second-order valence-electron chi connectivity index (χ2n) is 9.02. The Kier molecular flexibility index (Phi) is 8.16. The molecule has 1 fully saturated rings. The number of thiophene rings is 1. The van der Waals surface area contributed by atoms with Crippen molar-refractivity contribution in [2.24, 2.45) is 5.92 Å². The van der Waals surface area contributed by atoms with Crippen LogP contribution < -0.4 is 14.8 Å². The molecular formula is C25H31N3O4S3. The third kappa shape index (κ3) is 6.84. The maximum absolute atomic E-state index is 13.0. The van der Waals surface area contributed by atoms with Gasteiger partial charge in [-0.05, 0) is 66.6 Å². The normalized spacial score (nSPS) is 15.7. The summed E-state index contributed by atoms with van der Waals surface area (Å²) in [6.07, 6.45) is 6.39. The number of hydrogen-bond donors (Lipinski definition) is 3. The average molecular weight is 534 g/mol. The first-order chi connectivity index (χ1) is 16.7. The van der Waals surface area contributed by atoms with Gasteiger partial charge in [0, 0.05) is 23.7 Å². The zero-order chi connectivity index (χ0) is 24.9. The number of hydrogen-bond acceptors (Lipinski definition) is 6. The highest BCUT2D eigenvalue weighted by Gasteiger charge is 2.20. The molecule has 1 aliphatic carbocycles. The van der Waals surface area contributed by atoms with E-state index >= 15 is 0 Å². The van der Waals surface area contributed by atoms with Crippen molar-refractivity contribution in [3.63, 3.8) is 0 Å². The van der Waals surface area contributed by atoms with E-state index < -0.39 is 20.0 Å². The van der Waals surface area contributed by atoms with Gasteiger partial charge in [0.2, 0.25) is 0 Å². The lowest BCUT2D eigenvalue weighted by Crippen LogP contribution is -2.28. The van der Waals surface area contributed by atoms with Crippen molar-refractivity contribution in [3.8, 4) is 0 Å². The van der Waals surface area contributed by atoms with Crippen molar-refractivity contribution in [3.05, 3.63) is 70.9 Å². The lowest BCUT2D eigenvalue weighted by molar-refractivity contribution is 0.404. The van der Waals surface area contributed by atoms with Crippen LogP contribution in [0, 0.1) is 5.92 Å². The first kappa shape index (κ1) is 25.7. The monoisotopic (exact) mass is 533 g/mol. The minimum Gasteiger partial charge on any atom is -0.310 e. The van der Waals surface area contributed by atoms with Gasteiger partial charge < -0.3 is 5.32 Å². The molecule has 1 aliphatic rings. The Balaban J connectivity index is 1.40. The van der Waals surface area contributed by atoms with E-state index in [4.69, 9.17) is 0 Å². The van der Waals surface area contributed by atoms with E-state index in [9.17, 15) is 16.8 Å². The Labute approximate surface area is 212 Å². The van der Waals surface area contributed by atoms with Crippen LogP contribution in [0.5, 0.6) is 0 Å². The molecule has 3 aromatic rings. The summed E-state index contributed by atoms with van der Waals surface area (Å²) >= 11 is 1.29. The fourth-order valence-electron chi connectivity index (χ4n) is 4.41. The summed E-state index contributed by atoms with van der Waals surface area (Å²) in [4.78, 5) is 0.219. The summed E-state index contributed by atoms with van der Waals surface area (Å²) in [5, 5.41) is 6.75. The van der Waals surface area contributed by atoms with Gasteiger partial charge in [-0.2, -0.15) is 11.3 Å². The molecule has 0 amide bonds. The van der Waals surface area contributed by atoms with E-state index in [-0.39, 0.29) is 15.5 Å². The molecule has 0 unspecified atom stereocenters. The molecule has 7 nitrogen and oxygen atoms in total. The summed E-state index contributed by atoms with van der Waals surface area (Å²) in [6, 6.07) is 14.9. The van der Waals surface area contributed by atoms with Crippen molar-refractivity contribution in [2.75, 3.05) is 9.44 Å². The van der Waals surface area contributed by atoms with E-state index in [1.54, 1.807) is 17.5 Å². The quantitative estimate of drug-likeness (QED) is 0.306. The van der Waals surface area contributed by atoms with Crippen LogP contribution in [-0.4, -0.2) is 22.9 Å². The molecule has 1 saturated carbocycles. The molecule has 0 spiro atoms. The van der Waals surface area contributed by atoms with Crippen LogP contribution in [-0.2, 0) is 26.6 Å². The molecule has 35 heavy (non-hydrogen) atoms. The Hall–Kier alpha value is -2.40. The third-order valence-electron chi connectivity index (χ3n) is 6.29. The highest BCUT2D eigenvalue weighted by atomic mass is 32.2. The SMILES string of the molecule is C[C@@H](CC1CCCC1)NCc1ccccc1NS(=O)(=O)c1ccc(NS(=O)(=O)c2ccsc2)cc1. The molecule has 3 N–H and O–H groups in total. The van der Waals surface area contributed by atoms with E-state index in [1.807, 2.05) is 12.1 Å². The standard InChI is InChI=1S/C25H31N3O4S3/c1-19(16-20-6-2-3-7-20)26-17-21-8-4-5-9-25(21)28-34(29,30)23-12-10-22(11-13-23)27-35(31,32)24-14-15-33-18-24/h4-5,8-15,18-20,26-28H,2-3,6-7,16-17H2,1H3/t19-/m0/s1. The summed E-state index contributed by atoms with van der Waals surface area (Å²) in [5.74, 6) is 0.781. The van der Waals surface area contributed by atoms with Crippen LogP contribution in [0.3, 0.4) is 0 Å². The minimum atomic E-state index is -3.85. The predicted octanol–water partition coefficient (Wildman–Crippen LogP) is 5.41. The summed E-state index contributed by atoms with van der Waals surface area (Å²) in [5.41, 5.74) is 1.68. The molecule has 1 atom stereocenters. The van der Waals surface area contributed by atoms with Gasteiger partial charge in [-0.1, -0.05) is 43.9 Å². The van der Waals surface area contributed by atoms with Gasteiger partial charge in [0.15, 0.2) is 0 Å². The second-order valence-corrected chi connectivity index (χ2v) is 13.2. The van der Waals surface area contributed by atoms with Crippen LogP contribution in [0.25, 0.3) is 0 Å². The Bertz CT molecular complexity index is 1320. The molecule has 10 heteroatoms. The first-order valence-corrected chi connectivity index (χ1v) is 15.6. The van der Waals surface area contributed by atoms with Gasteiger partial charge in [-0.15, -0.1) is 0 Å². The molecule has 0 bridgehead atoms. The fraction of sp³-hybridized carbons (Fsp3) is 0.360. The minimum absolute atomic E-state index is 0.0494. The molecule has 0 saturated heterocycles. The van der Waals surface area contributed by atoms with Crippen molar-refractivity contribution in [2.45, 2.75) is 61.4 Å². The van der Waals surface area contributed by atoms with Crippen LogP contribution in [0.2, 0.25) is 0 Å². The highest BCUT2D eigenvalue weighted by Crippen LogP contribution is 2.29. The number of benzene rings is 2. The first-order valence-electron chi connectivity index (χ1n) is 11.7. The van der Waals surface area contributed by atoms with E-state index in [2.05, 4.69) is 21.7 Å². The van der Waals surface area contributed by atoms with Gasteiger partial charge in [0.25, 0.3) is 20.0 Å². The maximum Gasteiger partial charge on any atom is 0.262 e. The maximum atomic E-state index is 13.0. The Morgan fingerprint density at radius 3 is 2.26 bits per heavy atom. The van der Waals surface area contributed by atoms with Gasteiger partial charge in [-0.25, -0.2) is 16.8 Å². The van der Waals surface area contributed by atoms with Crippen molar-refractivity contribution in [1.82, 2.24) is 5.32 Å². The van der Waals surface area contributed by atoms with Crippen LogP contribution in [0.4, 0.5) is 11.4 Å². The van der Waals surface area contributed by atoms with Gasteiger partial charge in [-0.3, -0.25) is 9.44 Å². The molecular weight excluding hydrogens is 502 g/mol. The van der Waals surface area contributed by atoms with Gasteiger partial charge >= 0.3 is 0 Å². The number of rotatable bonds is 11. The van der Waals surface area contributed by atoms with Crippen LogP contribution >= 0.6 is 11.3 Å². The van der Waals surface area contributed by atoms with Crippen molar-refractivity contribution < 1.29 is 16.8 Å². The molecule has 0 radical (unpaired) electrons. The van der Waals surface area contributed by atoms with Gasteiger partial charge in [0.05, 0.1) is 15.5 Å². The molecule has 1 aromatic heterocycles. The molecule has 188 valence electrons. The summed E-state index contributed by atoms with van der Waals surface area (Å²) in [6.45, 7) is 2.75. The van der Waals surface area contributed by atoms with Crippen molar-refractivity contribution in [1.29, 1.82) is 0 Å². The zero-order valence-corrected chi connectivity index (χ0v) is 22.1. The molecule has 1 heterocycles. The van der Waals surface area contributed by atoms with Crippen molar-refractivity contribution >= 4 is 42.8 Å². The highest BCUT2D eigenvalue weighted by molar-refractivity contribution is 7.93. The predicted molar refractivity (Wildman–Crippen MR) is 142 cm³/mol. The summed E-state index contributed by atoms with van der Waals surface area (Å²) in [7, 11) is -7.56. The van der Waals surface area contributed by atoms with E-state index in [1.165, 1.54) is 72.7 Å². The number of nitrogens with one attached hydrogen (secondary N) is 3. The lowest BCUT2D eigenvalue weighted by Gasteiger charge is -2.19. The largest absolute Gasteiger partial charge is 0.310 e. The van der Waals surface area contributed by atoms with E-state index in [0.29, 0.717) is 18.3 Å². The smallest absolute Gasteiger partial charge is 0.262 e. The second kappa shape index (κ2) is 11.1. The topological polar surface area (TPSA) is 104 Å². The van der Waals surface area contributed by atoms with Crippen LogP contribution in [0.1, 0.15) is 44.6 Å². The third-order valence-corrected chi connectivity index (χ3v) is 9.88. The fourth-order valence-corrected chi connectivity index (χ4v) is 7.60. The van der Waals surface area contributed by atoms with Crippen LogP contribution in [0.15, 0.2) is 75.1 Å². The van der Waals surface area contributed by atoms with E-state index in [0.717, 1.165) is 17.9 Å². The lowest BCUT2D eigenvalue weighted by atomic mass is 9.99. The average Bonchev–Trinajstić information content (AvgIpc) is 3.53. The molecule has 0 aliphatic heterocycles. The Morgan fingerprint density at radius 2 is 1.57 bits per heavy atom. The van der Waals surface area contributed by atoms with Gasteiger partial charge in [0.1, 0.15) is 0 Å². The number of para-hydroxylation sites is 1.